The Labute approximate surface area is 94.9 Å². The van der Waals surface area contributed by atoms with Crippen LogP contribution >= 0.6 is 0 Å². The second-order valence-corrected chi connectivity index (χ2v) is 4.21. The average molecular weight is 223 g/mol. The Morgan fingerprint density at radius 1 is 1.44 bits per heavy atom. The van der Waals surface area contributed by atoms with Gasteiger partial charge in [0.1, 0.15) is 23.3 Å². The third-order valence-electron chi connectivity index (χ3n) is 2.69. The molecule has 0 spiro atoms. The molecule has 16 heavy (non-hydrogen) atoms. The van der Waals surface area contributed by atoms with Crippen LogP contribution in [0.4, 0.5) is 0 Å². The summed E-state index contributed by atoms with van der Waals surface area (Å²) in [6, 6.07) is 0. The SMILES string of the molecule is CCCC1=C(O)C(=NOC2CC2)CC=C1O. The van der Waals surface area contributed by atoms with Crippen LogP contribution in [-0.4, -0.2) is 22.0 Å². The van der Waals surface area contributed by atoms with Crippen molar-refractivity contribution in [3.8, 4) is 0 Å². The largest absolute Gasteiger partial charge is 0.508 e. The molecule has 0 radical (unpaired) electrons. The van der Waals surface area contributed by atoms with Crippen LogP contribution in [0.1, 0.15) is 39.0 Å². The van der Waals surface area contributed by atoms with E-state index in [-0.39, 0.29) is 17.6 Å². The molecule has 0 aromatic rings. The second-order valence-electron chi connectivity index (χ2n) is 4.21. The first-order valence-electron chi connectivity index (χ1n) is 5.77. The molecule has 0 unspecified atom stereocenters. The third-order valence-corrected chi connectivity index (χ3v) is 2.69. The molecule has 2 rings (SSSR count). The summed E-state index contributed by atoms with van der Waals surface area (Å²) in [6.07, 6.45) is 5.94. The van der Waals surface area contributed by atoms with Crippen molar-refractivity contribution in [2.24, 2.45) is 5.16 Å². The number of oxime groups is 1. The molecule has 2 aliphatic carbocycles. The van der Waals surface area contributed by atoms with E-state index >= 15 is 0 Å². The zero-order valence-electron chi connectivity index (χ0n) is 9.44. The molecule has 1 saturated carbocycles. The number of aliphatic hydroxyl groups is 2. The van der Waals surface area contributed by atoms with Crippen molar-refractivity contribution >= 4 is 5.71 Å². The van der Waals surface area contributed by atoms with Crippen molar-refractivity contribution in [2.45, 2.75) is 45.1 Å². The molecule has 2 N–H and O–H groups in total. The zero-order chi connectivity index (χ0) is 11.5. The van der Waals surface area contributed by atoms with E-state index in [4.69, 9.17) is 4.84 Å². The van der Waals surface area contributed by atoms with Crippen LogP contribution in [0.2, 0.25) is 0 Å². The van der Waals surface area contributed by atoms with Crippen LogP contribution in [0.25, 0.3) is 0 Å². The van der Waals surface area contributed by atoms with Gasteiger partial charge >= 0.3 is 0 Å². The predicted octanol–water partition coefficient (Wildman–Crippen LogP) is 2.98. The lowest BCUT2D eigenvalue weighted by molar-refractivity contribution is 0.128. The van der Waals surface area contributed by atoms with Crippen molar-refractivity contribution in [3.63, 3.8) is 0 Å². The molecule has 0 aromatic heterocycles. The van der Waals surface area contributed by atoms with Crippen molar-refractivity contribution in [3.05, 3.63) is 23.2 Å². The summed E-state index contributed by atoms with van der Waals surface area (Å²) in [5.74, 6) is 0.257. The van der Waals surface area contributed by atoms with E-state index in [1.807, 2.05) is 6.92 Å². The molecule has 0 aliphatic heterocycles. The van der Waals surface area contributed by atoms with Gasteiger partial charge in [0.15, 0.2) is 0 Å². The summed E-state index contributed by atoms with van der Waals surface area (Å²) in [5.41, 5.74) is 1.10. The van der Waals surface area contributed by atoms with Crippen LogP contribution in [0.5, 0.6) is 0 Å². The van der Waals surface area contributed by atoms with Crippen molar-refractivity contribution < 1.29 is 15.1 Å². The average Bonchev–Trinajstić information content (AvgIpc) is 3.07. The molecule has 0 saturated heterocycles. The van der Waals surface area contributed by atoms with E-state index in [0.717, 1.165) is 19.3 Å². The first-order valence-corrected chi connectivity index (χ1v) is 5.77. The van der Waals surface area contributed by atoms with Gasteiger partial charge in [0, 0.05) is 12.0 Å². The summed E-state index contributed by atoms with van der Waals surface area (Å²) in [6.45, 7) is 2.00. The Balaban J connectivity index is 2.12. The molecular weight excluding hydrogens is 206 g/mol. The Morgan fingerprint density at radius 3 is 2.81 bits per heavy atom. The topological polar surface area (TPSA) is 62.1 Å². The molecule has 1 fully saturated rings. The monoisotopic (exact) mass is 223 g/mol. The van der Waals surface area contributed by atoms with Gasteiger partial charge in [-0.05, 0) is 25.3 Å². The molecule has 0 aromatic carbocycles. The predicted molar refractivity (Wildman–Crippen MR) is 61.4 cm³/mol. The minimum Gasteiger partial charge on any atom is -0.508 e. The van der Waals surface area contributed by atoms with Gasteiger partial charge in [0.05, 0.1) is 0 Å². The lowest BCUT2D eigenvalue weighted by Crippen LogP contribution is -2.12. The summed E-state index contributed by atoms with van der Waals surface area (Å²) >= 11 is 0. The Hall–Kier alpha value is -1.45. The van der Waals surface area contributed by atoms with Crippen molar-refractivity contribution in [2.75, 3.05) is 0 Å². The number of aliphatic hydroxyl groups excluding tert-OH is 2. The minimum absolute atomic E-state index is 0.0856. The van der Waals surface area contributed by atoms with Gasteiger partial charge in [-0.3, -0.25) is 0 Å². The second kappa shape index (κ2) is 4.60. The fraction of sp³-hybridized carbons (Fsp3) is 0.583. The summed E-state index contributed by atoms with van der Waals surface area (Å²) in [7, 11) is 0. The highest BCUT2D eigenvalue weighted by atomic mass is 16.6. The third kappa shape index (κ3) is 2.38. The molecule has 2 aliphatic rings. The summed E-state index contributed by atoms with van der Waals surface area (Å²) < 4.78 is 0. The smallest absolute Gasteiger partial charge is 0.147 e. The molecule has 0 bridgehead atoms. The highest BCUT2D eigenvalue weighted by Gasteiger charge is 2.25. The first kappa shape index (κ1) is 11.0. The minimum atomic E-state index is 0.0856. The van der Waals surface area contributed by atoms with E-state index in [9.17, 15) is 10.2 Å². The fourth-order valence-corrected chi connectivity index (χ4v) is 1.60. The van der Waals surface area contributed by atoms with E-state index in [1.165, 1.54) is 0 Å². The molecule has 0 heterocycles. The maximum atomic E-state index is 9.93. The Kier molecular flexibility index (Phi) is 3.17. The molecule has 88 valence electrons. The molecule has 4 heteroatoms. The van der Waals surface area contributed by atoms with Crippen LogP contribution in [0.3, 0.4) is 0 Å². The quantitative estimate of drug-likeness (QED) is 0.720. The van der Waals surface area contributed by atoms with Gasteiger partial charge in [0.25, 0.3) is 0 Å². The van der Waals surface area contributed by atoms with Crippen LogP contribution < -0.4 is 0 Å². The van der Waals surface area contributed by atoms with Gasteiger partial charge in [-0.15, -0.1) is 0 Å². The van der Waals surface area contributed by atoms with Gasteiger partial charge in [0.2, 0.25) is 0 Å². The van der Waals surface area contributed by atoms with Crippen LogP contribution in [-0.2, 0) is 4.84 Å². The lowest BCUT2D eigenvalue weighted by atomic mass is 9.98. The maximum Gasteiger partial charge on any atom is 0.147 e. The van der Waals surface area contributed by atoms with E-state index in [2.05, 4.69) is 5.16 Å². The van der Waals surface area contributed by atoms with E-state index in [0.29, 0.717) is 24.1 Å². The number of hydrogen-bond acceptors (Lipinski definition) is 4. The van der Waals surface area contributed by atoms with E-state index < -0.39 is 0 Å². The van der Waals surface area contributed by atoms with Crippen LogP contribution in [0, 0.1) is 0 Å². The summed E-state index contributed by atoms with van der Waals surface area (Å²) in [4.78, 5) is 5.21. The maximum absolute atomic E-state index is 9.93. The number of hydrogen-bond donors (Lipinski definition) is 2. The number of allylic oxidation sites excluding steroid dienone is 3. The Bertz CT molecular complexity index is 364. The number of rotatable bonds is 4. The normalized spacial score (nSPS) is 23.6. The van der Waals surface area contributed by atoms with Crippen LogP contribution in [0.15, 0.2) is 28.3 Å². The first-order chi connectivity index (χ1) is 7.72. The number of nitrogens with zero attached hydrogens (tertiary/aromatic N) is 1. The molecule has 0 amide bonds. The zero-order valence-corrected chi connectivity index (χ0v) is 9.44. The van der Waals surface area contributed by atoms with Gasteiger partial charge < -0.3 is 15.1 Å². The molecule has 0 atom stereocenters. The van der Waals surface area contributed by atoms with Gasteiger partial charge in [-0.25, -0.2) is 0 Å². The highest BCUT2D eigenvalue weighted by molar-refractivity contribution is 6.01. The highest BCUT2D eigenvalue weighted by Crippen LogP contribution is 2.27. The van der Waals surface area contributed by atoms with Gasteiger partial charge in [-0.1, -0.05) is 18.5 Å². The fourth-order valence-electron chi connectivity index (χ4n) is 1.60. The molecule has 4 nitrogen and oxygen atoms in total. The Morgan fingerprint density at radius 2 is 2.19 bits per heavy atom. The van der Waals surface area contributed by atoms with Gasteiger partial charge in [-0.2, -0.15) is 0 Å². The van der Waals surface area contributed by atoms with E-state index in [1.54, 1.807) is 6.08 Å². The standard InChI is InChI=1S/C12H17NO3/c1-2-3-9-11(14)7-6-10(12(9)15)13-16-8-4-5-8/h7-8,14-15H,2-6H2,1H3. The van der Waals surface area contributed by atoms with Crippen molar-refractivity contribution in [1.29, 1.82) is 0 Å². The summed E-state index contributed by atoms with van der Waals surface area (Å²) in [5, 5.41) is 23.5. The molecular formula is C12H17NO3. The lowest BCUT2D eigenvalue weighted by Gasteiger charge is -2.15. The van der Waals surface area contributed by atoms with Crippen molar-refractivity contribution in [1.82, 2.24) is 0 Å².